The number of amides is 4. The van der Waals surface area contributed by atoms with E-state index in [2.05, 4.69) is 10.6 Å². The first-order valence-corrected chi connectivity index (χ1v) is 15.2. The summed E-state index contributed by atoms with van der Waals surface area (Å²) in [6, 6.07) is 11.9. The van der Waals surface area contributed by atoms with E-state index < -0.39 is 18.0 Å². The van der Waals surface area contributed by atoms with E-state index in [1.807, 2.05) is 36.1 Å². The molecule has 1 saturated carbocycles. The molecule has 2 aromatic rings. The number of piperazine rings is 1. The van der Waals surface area contributed by atoms with Gasteiger partial charge in [0.05, 0.1) is 51.4 Å². The second kappa shape index (κ2) is 13.5. The summed E-state index contributed by atoms with van der Waals surface area (Å²) in [5.41, 5.74) is 2.86. The van der Waals surface area contributed by atoms with Gasteiger partial charge in [0, 0.05) is 11.7 Å². The Labute approximate surface area is 252 Å². The van der Waals surface area contributed by atoms with Gasteiger partial charge in [0.2, 0.25) is 11.8 Å². The van der Waals surface area contributed by atoms with E-state index in [0.29, 0.717) is 55.6 Å². The minimum absolute atomic E-state index is 0.0351. The van der Waals surface area contributed by atoms with Gasteiger partial charge in [0.25, 0.3) is 0 Å². The molecule has 2 aliphatic heterocycles. The highest BCUT2D eigenvalue weighted by molar-refractivity contribution is 6.01. The average molecular weight is 592 g/mol. The molecule has 3 fully saturated rings. The highest BCUT2D eigenvalue weighted by Crippen LogP contribution is 2.41. The van der Waals surface area contributed by atoms with Crippen molar-refractivity contribution in [3.63, 3.8) is 0 Å². The number of nitrogens with zero attached hydrogens (tertiary/aromatic N) is 2. The summed E-state index contributed by atoms with van der Waals surface area (Å²) in [4.78, 5) is 55.9. The molecule has 230 valence electrons. The number of anilines is 2. The molecule has 3 N–H and O–H groups in total. The van der Waals surface area contributed by atoms with E-state index in [-0.39, 0.29) is 30.8 Å². The molecule has 3 unspecified atom stereocenters. The van der Waals surface area contributed by atoms with Gasteiger partial charge in [-0.05, 0) is 61.4 Å². The lowest BCUT2D eigenvalue weighted by atomic mass is 9.84. The lowest BCUT2D eigenvalue weighted by Gasteiger charge is -2.37. The number of carboxylic acids is 1. The van der Waals surface area contributed by atoms with Gasteiger partial charge in [0.15, 0.2) is 0 Å². The number of fused-ring (bicyclic) bond motifs is 1. The third kappa shape index (κ3) is 7.10. The molecule has 0 radical (unpaired) electrons. The number of nitrogens with one attached hydrogen (secondary N) is 3. The average Bonchev–Trinajstić information content (AvgIpc) is 3.39. The standard InChI is InChI=1S/C32H41N5O6/c1-21-7-3-5-9-24(21)33-32(42)34-25-12-11-22(17-28(25)43-2)18-29(38)37-26-10-6-4-8-23(26)19-27(37)31(41)36-15-13-35(14-16-36)20-30(39)40/h3,5,7,9,11-12,17,23,26-27H,4,6,8,10,13-16,18-20H2,1-2H3,(H,39,40)(H2,33,34,42). The summed E-state index contributed by atoms with van der Waals surface area (Å²) in [5, 5.41) is 16.7. The zero-order valence-electron chi connectivity index (χ0n) is 24.9. The number of methoxy groups -OCH3 is 1. The van der Waals surface area contributed by atoms with Gasteiger partial charge in [-0.3, -0.25) is 9.59 Å². The third-order valence-corrected chi connectivity index (χ3v) is 9.10. The van der Waals surface area contributed by atoms with Crippen molar-refractivity contribution in [3.8, 4) is 5.75 Å². The summed E-state index contributed by atoms with van der Waals surface area (Å²) in [5.74, 6) is -0.463. The molecule has 11 heteroatoms. The van der Waals surface area contributed by atoms with Crippen molar-refractivity contribution in [2.75, 3.05) is 50.5 Å². The first-order chi connectivity index (χ1) is 20.7. The monoisotopic (exact) mass is 591 g/mol. The van der Waals surface area contributed by atoms with Crippen molar-refractivity contribution in [3.05, 3.63) is 53.6 Å². The van der Waals surface area contributed by atoms with Gasteiger partial charge >= 0.3 is 6.03 Å². The number of aliphatic carboxylic acids is 1. The Morgan fingerprint density at radius 3 is 2.44 bits per heavy atom. The Morgan fingerprint density at radius 2 is 1.72 bits per heavy atom. The Balaban J connectivity index is 1.26. The van der Waals surface area contributed by atoms with Crippen LogP contribution in [0.5, 0.6) is 5.75 Å². The number of benzene rings is 2. The van der Waals surface area contributed by atoms with Crippen LogP contribution in [0, 0.1) is 12.8 Å². The largest absolute Gasteiger partial charge is 0.544 e. The van der Waals surface area contributed by atoms with Crippen molar-refractivity contribution < 1.29 is 33.9 Å². The first-order valence-electron chi connectivity index (χ1n) is 15.2. The number of carbonyl (C=O) groups is 4. The normalized spacial score (nSPS) is 22.0. The number of hydrogen-bond acceptors (Lipinski definition) is 6. The van der Waals surface area contributed by atoms with Gasteiger partial charge < -0.3 is 40.0 Å². The van der Waals surface area contributed by atoms with E-state index in [1.54, 1.807) is 23.1 Å². The molecule has 0 aromatic heterocycles. The molecule has 3 aliphatic rings. The number of aryl methyl sites for hydroxylation is 1. The molecule has 0 spiro atoms. The number of carboxylic acid groups (broad SMARTS) is 1. The van der Waals surface area contributed by atoms with Crippen molar-refractivity contribution in [1.29, 1.82) is 0 Å². The predicted molar refractivity (Wildman–Crippen MR) is 159 cm³/mol. The third-order valence-electron chi connectivity index (χ3n) is 9.10. The SMILES string of the molecule is COc1cc(CC(=O)N2C(C(=O)N3CC[NH+](CC(=O)[O-])CC3)CC3CCCCC32)ccc1NC(=O)Nc1ccccc1C. The fourth-order valence-electron chi connectivity index (χ4n) is 6.88. The summed E-state index contributed by atoms with van der Waals surface area (Å²) in [7, 11) is 1.52. The van der Waals surface area contributed by atoms with E-state index in [1.165, 1.54) is 7.11 Å². The molecule has 11 nitrogen and oxygen atoms in total. The Hall–Kier alpha value is -4.12. The molecule has 2 saturated heterocycles. The number of likely N-dealkylation sites (tertiary alicyclic amines) is 1. The van der Waals surface area contributed by atoms with Crippen molar-refractivity contribution >= 4 is 35.2 Å². The van der Waals surface area contributed by atoms with Crippen molar-refractivity contribution in [1.82, 2.24) is 9.80 Å². The number of hydrogen-bond donors (Lipinski definition) is 3. The van der Waals surface area contributed by atoms with Crippen molar-refractivity contribution in [2.24, 2.45) is 5.92 Å². The maximum Gasteiger partial charge on any atom is 0.323 e. The maximum absolute atomic E-state index is 13.9. The second-order valence-corrected chi connectivity index (χ2v) is 11.9. The maximum atomic E-state index is 13.9. The van der Waals surface area contributed by atoms with Crippen LogP contribution in [0.2, 0.25) is 0 Å². The Bertz CT molecular complexity index is 1360. The number of ether oxygens (including phenoxy) is 1. The van der Waals surface area contributed by atoms with Crippen LogP contribution in [-0.4, -0.2) is 85.5 Å². The molecule has 4 amide bonds. The molecule has 5 rings (SSSR count). The highest BCUT2D eigenvalue weighted by atomic mass is 16.5. The number of urea groups is 1. The van der Waals surface area contributed by atoms with Gasteiger partial charge in [-0.2, -0.15) is 0 Å². The molecular weight excluding hydrogens is 550 g/mol. The van der Waals surface area contributed by atoms with Crippen LogP contribution in [0.1, 0.15) is 43.2 Å². The summed E-state index contributed by atoms with van der Waals surface area (Å²) in [6.45, 7) is 3.90. The van der Waals surface area contributed by atoms with Crippen LogP contribution in [0.4, 0.5) is 16.2 Å². The number of rotatable bonds is 8. The molecule has 43 heavy (non-hydrogen) atoms. The fourth-order valence-corrected chi connectivity index (χ4v) is 6.88. The molecule has 0 bridgehead atoms. The topological polar surface area (TPSA) is 136 Å². The molecule has 3 atom stereocenters. The number of quaternary nitrogens is 1. The zero-order valence-corrected chi connectivity index (χ0v) is 24.9. The van der Waals surface area contributed by atoms with E-state index in [9.17, 15) is 24.3 Å². The number of carbonyl (C=O) groups excluding carboxylic acids is 4. The second-order valence-electron chi connectivity index (χ2n) is 11.9. The van der Waals surface area contributed by atoms with Crippen LogP contribution >= 0.6 is 0 Å². The van der Waals surface area contributed by atoms with Crippen LogP contribution in [0.15, 0.2) is 42.5 Å². The smallest absolute Gasteiger partial charge is 0.323 e. The van der Waals surface area contributed by atoms with Gasteiger partial charge in [-0.15, -0.1) is 0 Å². The minimum Gasteiger partial charge on any atom is -0.544 e. The van der Waals surface area contributed by atoms with Crippen LogP contribution in [0.3, 0.4) is 0 Å². The van der Waals surface area contributed by atoms with E-state index in [4.69, 9.17) is 4.74 Å². The molecule has 2 aromatic carbocycles. The van der Waals surface area contributed by atoms with Gasteiger partial charge in [-0.1, -0.05) is 37.1 Å². The molecule has 2 heterocycles. The summed E-state index contributed by atoms with van der Waals surface area (Å²) in [6.07, 6.45) is 4.84. The lowest BCUT2D eigenvalue weighted by molar-refractivity contribution is -0.898. The number of para-hydroxylation sites is 1. The Kier molecular flexibility index (Phi) is 9.49. The van der Waals surface area contributed by atoms with Gasteiger partial charge in [-0.25, -0.2) is 4.79 Å². The molecular formula is C32H41N5O6. The quantitative estimate of drug-likeness (QED) is 0.416. The fraction of sp³-hybridized carbons (Fsp3) is 0.500. The highest BCUT2D eigenvalue weighted by Gasteiger charge is 2.48. The van der Waals surface area contributed by atoms with Crippen molar-refractivity contribution in [2.45, 2.75) is 57.5 Å². The predicted octanol–water partition coefficient (Wildman–Crippen LogP) is 0.827. The summed E-state index contributed by atoms with van der Waals surface area (Å²) < 4.78 is 5.55. The zero-order chi connectivity index (χ0) is 30.5. The molecule has 1 aliphatic carbocycles. The van der Waals surface area contributed by atoms with E-state index >= 15 is 0 Å². The summed E-state index contributed by atoms with van der Waals surface area (Å²) >= 11 is 0. The Morgan fingerprint density at radius 1 is 1.00 bits per heavy atom. The minimum atomic E-state index is -1.09. The first kappa shape index (κ1) is 30.3. The van der Waals surface area contributed by atoms with Gasteiger partial charge in [0.1, 0.15) is 18.3 Å². The van der Waals surface area contributed by atoms with Crippen LogP contribution in [-0.2, 0) is 20.8 Å². The van der Waals surface area contributed by atoms with E-state index in [0.717, 1.165) is 41.7 Å². The van der Waals surface area contributed by atoms with Crippen LogP contribution in [0.25, 0.3) is 0 Å². The lowest BCUT2D eigenvalue weighted by Crippen LogP contribution is -3.16. The van der Waals surface area contributed by atoms with Crippen LogP contribution < -0.4 is 25.4 Å².